The quantitative estimate of drug-likeness (QED) is 0.709. The number of fused-ring (bicyclic) bond motifs is 2. The smallest absolute Gasteiger partial charge is 0.230 e. The minimum absolute atomic E-state index is 0.0933. The molecular weight excluding hydrogens is 190 g/mol. The highest BCUT2D eigenvalue weighted by Gasteiger charge is 2.64. The molecule has 2 saturated carbocycles. The van der Waals surface area contributed by atoms with Gasteiger partial charge in [-0.2, -0.15) is 0 Å². The van der Waals surface area contributed by atoms with Gasteiger partial charge in [0.05, 0.1) is 11.5 Å². The second-order valence-corrected chi connectivity index (χ2v) is 6.02. The summed E-state index contributed by atoms with van der Waals surface area (Å²) in [4.78, 5) is 13.8. The number of nitrogens with zero attached hydrogens (tertiary/aromatic N) is 1. The van der Waals surface area contributed by atoms with Gasteiger partial charge in [-0.25, -0.2) is 0 Å². The van der Waals surface area contributed by atoms with E-state index in [1.54, 1.807) is 19.0 Å². The Balaban J connectivity index is 2.35. The van der Waals surface area contributed by atoms with Crippen molar-refractivity contribution in [2.75, 3.05) is 14.1 Å². The van der Waals surface area contributed by atoms with Crippen LogP contribution in [0.1, 0.15) is 33.1 Å². The Morgan fingerprint density at radius 2 is 2.00 bits per heavy atom. The van der Waals surface area contributed by atoms with E-state index in [2.05, 4.69) is 13.8 Å². The number of aliphatic hydroxyl groups excluding tert-OH is 1. The normalized spacial score (nSPS) is 41.9. The highest BCUT2D eigenvalue weighted by Crippen LogP contribution is 2.63. The Morgan fingerprint density at radius 3 is 2.40 bits per heavy atom. The number of hydrogen-bond acceptors (Lipinski definition) is 2. The predicted molar refractivity (Wildman–Crippen MR) is 58.3 cm³/mol. The van der Waals surface area contributed by atoms with Crippen molar-refractivity contribution in [3.8, 4) is 0 Å². The summed E-state index contributed by atoms with van der Waals surface area (Å²) in [6.07, 6.45) is 2.35. The predicted octanol–water partition coefficient (Wildman–Crippen LogP) is 1.26. The fraction of sp³-hybridized carbons (Fsp3) is 0.917. The van der Waals surface area contributed by atoms with Crippen molar-refractivity contribution in [3.63, 3.8) is 0 Å². The lowest BCUT2D eigenvalue weighted by molar-refractivity contribution is -0.149. The molecule has 0 aromatic heterocycles. The van der Waals surface area contributed by atoms with Crippen LogP contribution in [0.3, 0.4) is 0 Å². The molecule has 0 saturated heterocycles. The second-order valence-electron chi connectivity index (χ2n) is 6.02. The van der Waals surface area contributed by atoms with Gasteiger partial charge in [-0.1, -0.05) is 13.8 Å². The van der Waals surface area contributed by atoms with Crippen LogP contribution in [0, 0.1) is 16.7 Å². The van der Waals surface area contributed by atoms with E-state index >= 15 is 0 Å². The zero-order valence-electron chi connectivity index (χ0n) is 10.1. The molecule has 0 heterocycles. The van der Waals surface area contributed by atoms with Crippen LogP contribution in [0.2, 0.25) is 0 Å². The number of aliphatic hydroxyl groups is 1. The molecular formula is C12H21NO2. The van der Waals surface area contributed by atoms with Crippen LogP contribution in [-0.4, -0.2) is 36.1 Å². The number of carbonyl (C=O) groups excluding carboxylic acids is 1. The molecule has 3 heteroatoms. The average molecular weight is 211 g/mol. The first-order valence-electron chi connectivity index (χ1n) is 5.72. The van der Waals surface area contributed by atoms with E-state index < -0.39 is 11.5 Å². The van der Waals surface area contributed by atoms with E-state index in [4.69, 9.17) is 0 Å². The molecule has 0 aliphatic heterocycles. The third kappa shape index (κ3) is 1.19. The summed E-state index contributed by atoms with van der Waals surface area (Å²) in [6.45, 7) is 4.18. The molecule has 15 heavy (non-hydrogen) atoms. The Hall–Kier alpha value is -0.570. The van der Waals surface area contributed by atoms with E-state index in [-0.39, 0.29) is 11.3 Å². The Labute approximate surface area is 91.5 Å². The topological polar surface area (TPSA) is 40.5 Å². The first-order chi connectivity index (χ1) is 6.82. The number of hydrogen-bond donors (Lipinski definition) is 1. The molecule has 2 aliphatic carbocycles. The van der Waals surface area contributed by atoms with Gasteiger partial charge in [-0.3, -0.25) is 4.79 Å². The van der Waals surface area contributed by atoms with Crippen LogP contribution in [0.5, 0.6) is 0 Å². The standard InChI is InChI=1S/C12H21NO2/c1-11(2)8-5-6-12(7-8,9(11)14)10(15)13(3)4/h8-9,14H,5-7H2,1-4H3/t8-,9-,12+/m0/s1. The largest absolute Gasteiger partial charge is 0.391 e. The van der Waals surface area contributed by atoms with Gasteiger partial charge in [-0.05, 0) is 30.6 Å². The zero-order chi connectivity index (χ0) is 11.4. The molecule has 86 valence electrons. The molecule has 2 aliphatic rings. The van der Waals surface area contributed by atoms with Crippen LogP contribution >= 0.6 is 0 Å². The van der Waals surface area contributed by atoms with E-state index in [1.807, 2.05) is 0 Å². The highest BCUT2D eigenvalue weighted by atomic mass is 16.3. The molecule has 2 bridgehead atoms. The maximum atomic E-state index is 12.2. The maximum absolute atomic E-state index is 12.2. The Kier molecular flexibility index (Phi) is 2.16. The number of amides is 1. The van der Waals surface area contributed by atoms with Gasteiger partial charge in [0.25, 0.3) is 0 Å². The van der Waals surface area contributed by atoms with Crippen molar-refractivity contribution in [1.82, 2.24) is 4.90 Å². The molecule has 1 N–H and O–H groups in total. The first kappa shape index (κ1) is 10.9. The van der Waals surface area contributed by atoms with Crippen LogP contribution in [0.25, 0.3) is 0 Å². The van der Waals surface area contributed by atoms with Crippen molar-refractivity contribution in [2.45, 2.75) is 39.2 Å². The summed E-state index contributed by atoms with van der Waals surface area (Å²) in [5.41, 5.74) is -0.568. The van der Waals surface area contributed by atoms with Crippen molar-refractivity contribution < 1.29 is 9.90 Å². The summed E-state index contributed by atoms with van der Waals surface area (Å²) in [5.74, 6) is 0.625. The summed E-state index contributed by atoms with van der Waals surface area (Å²) < 4.78 is 0. The van der Waals surface area contributed by atoms with E-state index in [9.17, 15) is 9.90 Å². The maximum Gasteiger partial charge on any atom is 0.230 e. The molecule has 0 radical (unpaired) electrons. The van der Waals surface area contributed by atoms with Crippen LogP contribution < -0.4 is 0 Å². The van der Waals surface area contributed by atoms with Gasteiger partial charge in [0, 0.05) is 14.1 Å². The van der Waals surface area contributed by atoms with Gasteiger partial charge < -0.3 is 10.0 Å². The van der Waals surface area contributed by atoms with Crippen molar-refractivity contribution in [3.05, 3.63) is 0 Å². The molecule has 0 aromatic carbocycles. The third-order valence-corrected chi connectivity index (χ3v) is 4.66. The van der Waals surface area contributed by atoms with Crippen LogP contribution in [0.15, 0.2) is 0 Å². The van der Waals surface area contributed by atoms with E-state index in [0.717, 1.165) is 19.3 Å². The Morgan fingerprint density at radius 1 is 1.40 bits per heavy atom. The van der Waals surface area contributed by atoms with Crippen LogP contribution in [-0.2, 0) is 4.79 Å². The van der Waals surface area contributed by atoms with Crippen molar-refractivity contribution >= 4 is 5.91 Å². The molecule has 3 atom stereocenters. The highest BCUT2D eigenvalue weighted by molar-refractivity contribution is 5.84. The molecule has 3 nitrogen and oxygen atoms in total. The lowest BCUT2D eigenvalue weighted by atomic mass is 9.69. The SMILES string of the molecule is CN(C)C(=O)[C@]12CC[C@@H](C1)C(C)(C)[C@@H]2O. The summed E-state index contributed by atoms with van der Waals surface area (Å²) in [7, 11) is 3.56. The van der Waals surface area contributed by atoms with Crippen molar-refractivity contribution in [2.24, 2.45) is 16.7 Å². The molecule has 2 fully saturated rings. The number of carbonyl (C=O) groups is 1. The monoisotopic (exact) mass is 211 g/mol. The molecule has 0 aromatic rings. The van der Waals surface area contributed by atoms with Crippen molar-refractivity contribution in [1.29, 1.82) is 0 Å². The fourth-order valence-corrected chi connectivity index (χ4v) is 3.65. The molecule has 1 amide bonds. The lowest BCUT2D eigenvalue weighted by Crippen LogP contribution is -2.49. The zero-order valence-corrected chi connectivity index (χ0v) is 10.1. The second kappa shape index (κ2) is 2.97. The van der Waals surface area contributed by atoms with Gasteiger partial charge >= 0.3 is 0 Å². The van der Waals surface area contributed by atoms with Gasteiger partial charge in [0.1, 0.15) is 0 Å². The number of rotatable bonds is 1. The van der Waals surface area contributed by atoms with E-state index in [1.165, 1.54) is 0 Å². The molecule has 2 rings (SSSR count). The summed E-state index contributed by atoms with van der Waals surface area (Å²) >= 11 is 0. The summed E-state index contributed by atoms with van der Waals surface area (Å²) in [6, 6.07) is 0. The van der Waals surface area contributed by atoms with Gasteiger partial charge in [0.2, 0.25) is 5.91 Å². The average Bonchev–Trinajstić information content (AvgIpc) is 2.66. The molecule has 0 unspecified atom stereocenters. The Bertz CT molecular complexity index is 298. The van der Waals surface area contributed by atoms with Gasteiger partial charge in [0.15, 0.2) is 0 Å². The molecule has 0 spiro atoms. The van der Waals surface area contributed by atoms with E-state index in [0.29, 0.717) is 5.92 Å². The van der Waals surface area contributed by atoms with Crippen LogP contribution in [0.4, 0.5) is 0 Å². The third-order valence-electron chi connectivity index (χ3n) is 4.66. The fourth-order valence-electron chi connectivity index (χ4n) is 3.65. The van der Waals surface area contributed by atoms with Gasteiger partial charge in [-0.15, -0.1) is 0 Å². The minimum Gasteiger partial charge on any atom is -0.391 e. The minimum atomic E-state index is -0.475. The first-order valence-corrected chi connectivity index (χ1v) is 5.72. The summed E-state index contributed by atoms with van der Waals surface area (Å²) in [5, 5.41) is 10.4. The lowest BCUT2D eigenvalue weighted by Gasteiger charge is -2.40.